The highest BCUT2D eigenvalue weighted by Crippen LogP contribution is 2.24. The van der Waals surface area contributed by atoms with Gasteiger partial charge in [-0.15, -0.1) is 0 Å². The van der Waals surface area contributed by atoms with Gasteiger partial charge in [-0.05, 0) is 42.7 Å². The van der Waals surface area contributed by atoms with Crippen molar-refractivity contribution >= 4 is 11.6 Å². The van der Waals surface area contributed by atoms with Crippen LogP contribution in [0.2, 0.25) is 0 Å². The molecule has 5 heteroatoms. The highest BCUT2D eigenvalue weighted by molar-refractivity contribution is 5.95. The van der Waals surface area contributed by atoms with E-state index in [0.29, 0.717) is 13.2 Å². The quantitative estimate of drug-likeness (QED) is 0.847. The molecule has 3 rings (SSSR count). The van der Waals surface area contributed by atoms with Gasteiger partial charge in [0.15, 0.2) is 0 Å². The van der Waals surface area contributed by atoms with E-state index in [1.807, 2.05) is 41.3 Å². The van der Waals surface area contributed by atoms with Crippen LogP contribution in [0.25, 0.3) is 0 Å². The molecule has 1 aliphatic rings. The predicted octanol–water partition coefficient (Wildman–Crippen LogP) is 3.05. The van der Waals surface area contributed by atoms with Gasteiger partial charge in [0.1, 0.15) is 5.75 Å². The normalized spacial score (nSPS) is 17.3. The molecule has 1 atom stereocenters. The molecule has 0 spiro atoms. The highest BCUT2D eigenvalue weighted by atomic mass is 16.5. The molecule has 2 heterocycles. The summed E-state index contributed by atoms with van der Waals surface area (Å²) < 4.78 is 10.7. The van der Waals surface area contributed by atoms with Crippen molar-refractivity contribution in [2.45, 2.75) is 19.4 Å². The van der Waals surface area contributed by atoms with Gasteiger partial charge < -0.3 is 14.4 Å². The van der Waals surface area contributed by atoms with Crippen LogP contribution in [-0.4, -0.2) is 31.2 Å². The van der Waals surface area contributed by atoms with Crippen molar-refractivity contribution in [3.05, 3.63) is 54.4 Å². The topological polar surface area (TPSA) is 51.7 Å². The van der Waals surface area contributed by atoms with Crippen LogP contribution >= 0.6 is 0 Å². The Morgan fingerprint density at radius 1 is 1.25 bits per heavy atom. The number of rotatable bonds is 5. The van der Waals surface area contributed by atoms with E-state index in [-0.39, 0.29) is 11.8 Å². The SMILES string of the molecule is COc1ccc(CN(C(=O)[C@H]2CCCOC2)c2ccncc2)cc1. The van der Waals surface area contributed by atoms with Crippen molar-refractivity contribution in [2.24, 2.45) is 5.92 Å². The van der Waals surface area contributed by atoms with Crippen molar-refractivity contribution in [2.75, 3.05) is 25.2 Å². The summed E-state index contributed by atoms with van der Waals surface area (Å²) >= 11 is 0. The second kappa shape index (κ2) is 7.93. The molecule has 0 saturated carbocycles. The van der Waals surface area contributed by atoms with Crippen LogP contribution < -0.4 is 9.64 Å². The van der Waals surface area contributed by atoms with Crippen LogP contribution in [0.15, 0.2) is 48.8 Å². The summed E-state index contributed by atoms with van der Waals surface area (Å²) in [6.07, 6.45) is 5.23. The monoisotopic (exact) mass is 326 g/mol. The summed E-state index contributed by atoms with van der Waals surface area (Å²) in [6.45, 7) is 1.77. The number of carbonyl (C=O) groups excluding carboxylic acids is 1. The van der Waals surface area contributed by atoms with Crippen molar-refractivity contribution in [1.29, 1.82) is 0 Å². The number of nitrogens with zero attached hydrogens (tertiary/aromatic N) is 2. The lowest BCUT2D eigenvalue weighted by atomic mass is 10.00. The second-order valence-electron chi connectivity index (χ2n) is 5.89. The van der Waals surface area contributed by atoms with Gasteiger partial charge in [-0.2, -0.15) is 0 Å². The number of benzene rings is 1. The summed E-state index contributed by atoms with van der Waals surface area (Å²) in [4.78, 5) is 18.9. The summed E-state index contributed by atoms with van der Waals surface area (Å²) in [5.41, 5.74) is 1.91. The first-order valence-corrected chi connectivity index (χ1v) is 8.20. The number of ether oxygens (including phenoxy) is 2. The van der Waals surface area contributed by atoms with E-state index in [1.165, 1.54) is 0 Å². The maximum Gasteiger partial charge on any atom is 0.232 e. The Kier molecular flexibility index (Phi) is 5.43. The first-order chi connectivity index (χ1) is 11.8. The Bertz CT molecular complexity index is 652. The molecule has 1 amide bonds. The Morgan fingerprint density at radius 2 is 2.00 bits per heavy atom. The van der Waals surface area contributed by atoms with Gasteiger partial charge in [0, 0.05) is 24.7 Å². The van der Waals surface area contributed by atoms with Gasteiger partial charge in [-0.25, -0.2) is 0 Å². The molecule has 1 fully saturated rings. The van der Waals surface area contributed by atoms with E-state index >= 15 is 0 Å². The van der Waals surface area contributed by atoms with Gasteiger partial charge in [0.2, 0.25) is 5.91 Å². The molecule has 1 saturated heterocycles. The van der Waals surface area contributed by atoms with Crippen LogP contribution in [0.3, 0.4) is 0 Å². The van der Waals surface area contributed by atoms with Crippen molar-refractivity contribution < 1.29 is 14.3 Å². The molecule has 5 nitrogen and oxygen atoms in total. The van der Waals surface area contributed by atoms with Crippen LogP contribution in [0.4, 0.5) is 5.69 Å². The van der Waals surface area contributed by atoms with Crippen LogP contribution in [-0.2, 0) is 16.1 Å². The van der Waals surface area contributed by atoms with Crippen LogP contribution in [0.5, 0.6) is 5.75 Å². The summed E-state index contributed by atoms with van der Waals surface area (Å²) in [7, 11) is 1.64. The molecule has 126 valence electrons. The Hall–Kier alpha value is -2.40. The van der Waals surface area contributed by atoms with Crippen molar-refractivity contribution in [3.8, 4) is 5.75 Å². The number of aromatic nitrogens is 1. The molecule has 0 N–H and O–H groups in total. The van der Waals surface area contributed by atoms with Gasteiger partial charge in [-0.1, -0.05) is 12.1 Å². The lowest BCUT2D eigenvalue weighted by molar-refractivity contribution is -0.126. The first kappa shape index (κ1) is 16.5. The molecular formula is C19H22N2O3. The smallest absolute Gasteiger partial charge is 0.232 e. The predicted molar refractivity (Wildman–Crippen MR) is 92.0 cm³/mol. The van der Waals surface area contributed by atoms with E-state index in [1.54, 1.807) is 19.5 Å². The number of amides is 1. The minimum absolute atomic E-state index is 0.0786. The minimum Gasteiger partial charge on any atom is -0.497 e. The Labute approximate surface area is 142 Å². The molecule has 0 aliphatic carbocycles. The number of hydrogen-bond donors (Lipinski definition) is 0. The summed E-state index contributed by atoms with van der Waals surface area (Å²) in [5, 5.41) is 0. The van der Waals surface area contributed by atoms with E-state index in [2.05, 4.69) is 4.98 Å². The largest absolute Gasteiger partial charge is 0.497 e. The molecule has 24 heavy (non-hydrogen) atoms. The average Bonchev–Trinajstić information content (AvgIpc) is 2.67. The number of carbonyl (C=O) groups is 1. The fraction of sp³-hybridized carbons (Fsp3) is 0.368. The maximum atomic E-state index is 13.0. The number of pyridine rings is 1. The molecule has 1 aromatic carbocycles. The standard InChI is InChI=1S/C19H22N2O3/c1-23-18-6-4-15(5-7-18)13-21(17-8-10-20-11-9-17)19(22)16-3-2-12-24-14-16/h4-11,16H,2-3,12-14H2,1H3/t16-/m0/s1. The zero-order valence-electron chi connectivity index (χ0n) is 13.9. The summed E-state index contributed by atoms with van der Waals surface area (Å²) in [5.74, 6) is 0.836. The fourth-order valence-corrected chi connectivity index (χ4v) is 2.89. The van der Waals surface area contributed by atoms with Crippen molar-refractivity contribution in [1.82, 2.24) is 4.98 Å². The third kappa shape index (κ3) is 3.92. The lowest BCUT2D eigenvalue weighted by Gasteiger charge is -2.29. The molecule has 0 unspecified atom stereocenters. The zero-order valence-corrected chi connectivity index (χ0v) is 13.9. The minimum atomic E-state index is -0.0786. The molecule has 0 bridgehead atoms. The van der Waals surface area contributed by atoms with Gasteiger partial charge >= 0.3 is 0 Å². The van der Waals surface area contributed by atoms with E-state index in [4.69, 9.17) is 9.47 Å². The van der Waals surface area contributed by atoms with E-state index in [0.717, 1.165) is 36.4 Å². The number of anilines is 1. The molecular weight excluding hydrogens is 304 g/mol. The zero-order chi connectivity index (χ0) is 16.8. The van der Waals surface area contributed by atoms with Crippen LogP contribution in [0, 0.1) is 5.92 Å². The summed E-state index contributed by atoms with van der Waals surface area (Å²) in [6, 6.07) is 11.5. The van der Waals surface area contributed by atoms with Gasteiger partial charge in [0.05, 0.1) is 26.2 Å². The van der Waals surface area contributed by atoms with Crippen LogP contribution in [0.1, 0.15) is 18.4 Å². The third-order valence-corrected chi connectivity index (χ3v) is 4.25. The Balaban J connectivity index is 1.82. The van der Waals surface area contributed by atoms with E-state index in [9.17, 15) is 4.79 Å². The highest BCUT2D eigenvalue weighted by Gasteiger charge is 2.27. The maximum absolute atomic E-state index is 13.0. The molecule has 1 aliphatic heterocycles. The third-order valence-electron chi connectivity index (χ3n) is 4.25. The number of methoxy groups -OCH3 is 1. The van der Waals surface area contributed by atoms with Crippen molar-refractivity contribution in [3.63, 3.8) is 0 Å². The van der Waals surface area contributed by atoms with E-state index < -0.39 is 0 Å². The van der Waals surface area contributed by atoms with Gasteiger partial charge in [0.25, 0.3) is 0 Å². The second-order valence-corrected chi connectivity index (χ2v) is 5.89. The molecule has 1 aromatic heterocycles. The number of hydrogen-bond acceptors (Lipinski definition) is 4. The Morgan fingerprint density at radius 3 is 2.62 bits per heavy atom. The first-order valence-electron chi connectivity index (χ1n) is 8.20. The fourth-order valence-electron chi connectivity index (χ4n) is 2.89. The molecule has 2 aromatic rings. The van der Waals surface area contributed by atoms with Gasteiger partial charge in [-0.3, -0.25) is 9.78 Å². The molecule has 0 radical (unpaired) electrons. The lowest BCUT2D eigenvalue weighted by Crippen LogP contribution is -2.39. The average molecular weight is 326 g/mol.